The molecular formula is C15H22N2O4. The molecule has 0 unspecified atom stereocenters. The Hall–Kier alpha value is -1.82. The van der Waals surface area contributed by atoms with Crippen molar-refractivity contribution in [1.82, 2.24) is 9.47 Å². The summed E-state index contributed by atoms with van der Waals surface area (Å²) >= 11 is 0. The number of ether oxygens (including phenoxy) is 2. The molecule has 0 N–H and O–H groups in total. The van der Waals surface area contributed by atoms with Crippen LogP contribution in [0.3, 0.4) is 0 Å². The van der Waals surface area contributed by atoms with Crippen LogP contribution in [0.4, 0.5) is 0 Å². The van der Waals surface area contributed by atoms with Crippen LogP contribution in [0.15, 0.2) is 23.1 Å². The second-order valence-electron chi connectivity index (χ2n) is 5.27. The highest BCUT2D eigenvalue weighted by Gasteiger charge is 2.19. The summed E-state index contributed by atoms with van der Waals surface area (Å²) in [5, 5.41) is 0. The first-order valence-corrected chi connectivity index (χ1v) is 7.21. The van der Waals surface area contributed by atoms with Gasteiger partial charge in [-0.2, -0.15) is 0 Å². The van der Waals surface area contributed by atoms with Gasteiger partial charge in [0.2, 0.25) is 5.91 Å². The fraction of sp³-hybridized carbons (Fsp3) is 0.600. The highest BCUT2D eigenvalue weighted by atomic mass is 16.5. The Labute approximate surface area is 124 Å². The molecule has 0 bridgehead atoms. The Bertz CT molecular complexity index is 535. The van der Waals surface area contributed by atoms with Gasteiger partial charge in [-0.15, -0.1) is 0 Å². The lowest BCUT2D eigenvalue weighted by Crippen LogP contribution is -2.40. The molecule has 1 atom stereocenters. The van der Waals surface area contributed by atoms with Crippen LogP contribution in [0.25, 0.3) is 0 Å². The Balaban J connectivity index is 1.95. The number of hydrogen-bond donors (Lipinski definition) is 0. The van der Waals surface area contributed by atoms with E-state index in [1.165, 1.54) is 11.7 Å². The number of methoxy groups -OCH3 is 1. The number of carbonyl (C=O) groups is 1. The molecule has 2 rings (SSSR count). The second-order valence-corrected chi connectivity index (χ2v) is 5.27. The van der Waals surface area contributed by atoms with Gasteiger partial charge < -0.3 is 18.9 Å². The van der Waals surface area contributed by atoms with E-state index >= 15 is 0 Å². The predicted molar refractivity (Wildman–Crippen MR) is 78.5 cm³/mol. The van der Waals surface area contributed by atoms with Gasteiger partial charge >= 0.3 is 0 Å². The molecule has 6 nitrogen and oxygen atoms in total. The molecule has 2 heterocycles. The number of carbonyl (C=O) groups excluding carboxylic acids is 1. The predicted octanol–water partition coefficient (Wildman–Crippen LogP) is 0.884. The molecule has 0 aromatic carbocycles. The summed E-state index contributed by atoms with van der Waals surface area (Å²) in [7, 11) is 3.18. The lowest BCUT2D eigenvalue weighted by molar-refractivity contribution is -0.133. The van der Waals surface area contributed by atoms with Crippen LogP contribution < -0.4 is 10.3 Å². The summed E-state index contributed by atoms with van der Waals surface area (Å²) in [6.07, 6.45) is 4.91. The third-order valence-electron chi connectivity index (χ3n) is 3.69. The molecule has 21 heavy (non-hydrogen) atoms. The number of nitrogens with zero attached hydrogens (tertiary/aromatic N) is 2. The summed E-state index contributed by atoms with van der Waals surface area (Å²) in [4.78, 5) is 25.8. The minimum absolute atomic E-state index is 0.0131. The van der Waals surface area contributed by atoms with Gasteiger partial charge in [0.15, 0.2) is 5.75 Å². The molecule has 0 saturated carbocycles. The average molecular weight is 294 g/mol. The number of pyridine rings is 1. The van der Waals surface area contributed by atoms with Crippen molar-refractivity contribution in [3.63, 3.8) is 0 Å². The normalized spacial score (nSPS) is 18.3. The molecule has 1 aromatic rings. The first kappa shape index (κ1) is 15.6. The van der Waals surface area contributed by atoms with E-state index in [0.717, 1.165) is 25.9 Å². The minimum atomic E-state index is -0.296. The van der Waals surface area contributed by atoms with Crippen molar-refractivity contribution in [2.45, 2.75) is 31.9 Å². The molecule has 1 aromatic heterocycles. The number of hydrogen-bond acceptors (Lipinski definition) is 4. The van der Waals surface area contributed by atoms with Crippen LogP contribution in [0, 0.1) is 0 Å². The van der Waals surface area contributed by atoms with Gasteiger partial charge in [0.05, 0.1) is 13.2 Å². The maximum atomic E-state index is 12.2. The first-order chi connectivity index (χ1) is 10.1. The number of rotatable bonds is 5. The van der Waals surface area contributed by atoms with Crippen LogP contribution in [-0.4, -0.2) is 48.8 Å². The number of aromatic nitrogens is 1. The van der Waals surface area contributed by atoms with Gasteiger partial charge in [-0.25, -0.2) is 0 Å². The Morgan fingerprint density at radius 2 is 2.33 bits per heavy atom. The van der Waals surface area contributed by atoms with E-state index in [9.17, 15) is 9.59 Å². The summed E-state index contributed by atoms with van der Waals surface area (Å²) in [6.45, 7) is 1.35. The Kier molecular flexibility index (Phi) is 5.38. The first-order valence-electron chi connectivity index (χ1n) is 7.21. The molecule has 6 heteroatoms. The van der Waals surface area contributed by atoms with Crippen molar-refractivity contribution in [3.05, 3.63) is 28.7 Å². The third-order valence-corrected chi connectivity index (χ3v) is 3.69. The van der Waals surface area contributed by atoms with Crippen molar-refractivity contribution in [2.24, 2.45) is 0 Å². The quantitative estimate of drug-likeness (QED) is 0.809. The van der Waals surface area contributed by atoms with E-state index in [1.54, 1.807) is 30.3 Å². The van der Waals surface area contributed by atoms with Crippen LogP contribution in [-0.2, 0) is 16.1 Å². The highest BCUT2D eigenvalue weighted by molar-refractivity contribution is 5.75. The van der Waals surface area contributed by atoms with Crippen molar-refractivity contribution in [2.75, 3.05) is 27.3 Å². The largest absolute Gasteiger partial charge is 0.491 e. The van der Waals surface area contributed by atoms with E-state index in [1.807, 2.05) is 0 Å². The molecule has 0 radical (unpaired) electrons. The van der Waals surface area contributed by atoms with E-state index in [0.29, 0.717) is 6.54 Å². The van der Waals surface area contributed by atoms with Gasteiger partial charge in [-0.3, -0.25) is 9.59 Å². The fourth-order valence-electron chi connectivity index (χ4n) is 2.42. The standard InChI is InChI=1S/C15H22N2O4/c1-16(10-12-6-3-4-9-21-12)14(18)11-17-8-5-7-13(20-2)15(17)19/h5,7-8,12H,3-4,6,9-11H2,1-2H3/t12-/m1/s1. The van der Waals surface area contributed by atoms with Gasteiger partial charge in [-0.05, 0) is 31.4 Å². The smallest absolute Gasteiger partial charge is 0.293 e. The highest BCUT2D eigenvalue weighted by Crippen LogP contribution is 2.13. The zero-order valence-electron chi connectivity index (χ0n) is 12.6. The molecule has 1 saturated heterocycles. The number of amides is 1. The molecule has 116 valence electrons. The van der Waals surface area contributed by atoms with Crippen molar-refractivity contribution < 1.29 is 14.3 Å². The lowest BCUT2D eigenvalue weighted by Gasteiger charge is -2.27. The van der Waals surface area contributed by atoms with Gasteiger partial charge in [0.1, 0.15) is 6.54 Å². The molecular weight excluding hydrogens is 272 g/mol. The van der Waals surface area contributed by atoms with Crippen LogP contribution in [0.1, 0.15) is 19.3 Å². The summed E-state index contributed by atoms with van der Waals surface area (Å²) in [5.74, 6) is 0.128. The Morgan fingerprint density at radius 1 is 1.52 bits per heavy atom. The van der Waals surface area contributed by atoms with Crippen LogP contribution in [0.5, 0.6) is 5.75 Å². The maximum Gasteiger partial charge on any atom is 0.293 e. The second kappa shape index (κ2) is 7.26. The molecule has 1 aliphatic heterocycles. The molecule has 0 aliphatic carbocycles. The molecule has 1 amide bonds. The zero-order chi connectivity index (χ0) is 15.2. The lowest BCUT2D eigenvalue weighted by atomic mass is 10.1. The third kappa shape index (κ3) is 4.07. The summed E-state index contributed by atoms with van der Waals surface area (Å²) < 4.78 is 12.0. The van der Waals surface area contributed by atoms with Gasteiger partial charge in [0, 0.05) is 26.4 Å². The number of likely N-dealkylation sites (N-methyl/N-ethyl adjacent to an activating group) is 1. The zero-order valence-corrected chi connectivity index (χ0v) is 12.6. The SMILES string of the molecule is COc1cccn(CC(=O)N(C)C[C@H]2CCCCO2)c1=O. The van der Waals surface area contributed by atoms with E-state index in [4.69, 9.17) is 9.47 Å². The average Bonchev–Trinajstić information content (AvgIpc) is 2.50. The molecule has 1 aliphatic rings. The van der Waals surface area contributed by atoms with Gasteiger partial charge in [0.25, 0.3) is 5.56 Å². The summed E-state index contributed by atoms with van der Waals surface area (Å²) in [6, 6.07) is 3.28. The van der Waals surface area contributed by atoms with Crippen molar-refractivity contribution >= 4 is 5.91 Å². The van der Waals surface area contributed by atoms with Crippen LogP contribution in [0.2, 0.25) is 0 Å². The van der Waals surface area contributed by atoms with Crippen molar-refractivity contribution in [3.8, 4) is 5.75 Å². The molecule has 1 fully saturated rings. The Morgan fingerprint density at radius 3 is 3.00 bits per heavy atom. The minimum Gasteiger partial charge on any atom is -0.491 e. The van der Waals surface area contributed by atoms with Gasteiger partial charge in [-0.1, -0.05) is 0 Å². The topological polar surface area (TPSA) is 60.8 Å². The van der Waals surface area contributed by atoms with E-state index < -0.39 is 0 Å². The van der Waals surface area contributed by atoms with Crippen LogP contribution >= 0.6 is 0 Å². The van der Waals surface area contributed by atoms with E-state index in [2.05, 4.69) is 0 Å². The van der Waals surface area contributed by atoms with E-state index in [-0.39, 0.29) is 29.9 Å². The summed E-state index contributed by atoms with van der Waals surface area (Å²) in [5.41, 5.74) is -0.296. The molecule has 0 spiro atoms. The van der Waals surface area contributed by atoms with Crippen molar-refractivity contribution in [1.29, 1.82) is 0 Å². The maximum absolute atomic E-state index is 12.2. The monoisotopic (exact) mass is 294 g/mol. The fourth-order valence-corrected chi connectivity index (χ4v) is 2.42.